The van der Waals surface area contributed by atoms with Crippen LogP contribution in [-0.4, -0.2) is 4.98 Å². The van der Waals surface area contributed by atoms with Crippen LogP contribution in [0, 0.1) is 6.92 Å². The number of halogens is 1. The normalized spacial score (nSPS) is 11.1. The van der Waals surface area contributed by atoms with Crippen molar-refractivity contribution >= 4 is 34.3 Å². The maximum Gasteiger partial charge on any atom is 0.0467 e. The second-order valence-corrected chi connectivity index (χ2v) is 5.96. The number of aromatic nitrogens is 1. The lowest BCUT2D eigenvalue weighted by Crippen LogP contribution is -1.81. The van der Waals surface area contributed by atoms with Crippen LogP contribution in [0.1, 0.15) is 11.3 Å². The second kappa shape index (κ2) is 5.32. The zero-order valence-corrected chi connectivity index (χ0v) is 12.2. The largest absolute Gasteiger partial charge is 0.358 e. The standard InChI is InChI=1S/C16H14ClNS/c1-11-16(14-4-2-3-5-15(14)18-11)19-10-12-6-8-13(17)9-7-12/h2-9,18H,10H2,1H3. The van der Waals surface area contributed by atoms with Crippen LogP contribution < -0.4 is 0 Å². The van der Waals surface area contributed by atoms with E-state index in [2.05, 4.69) is 48.3 Å². The first-order valence-corrected chi connectivity index (χ1v) is 7.55. The van der Waals surface area contributed by atoms with Crippen LogP contribution in [0.3, 0.4) is 0 Å². The van der Waals surface area contributed by atoms with Gasteiger partial charge in [-0.1, -0.05) is 41.9 Å². The number of para-hydroxylation sites is 1. The predicted octanol–water partition coefficient (Wildman–Crippen LogP) is 5.42. The van der Waals surface area contributed by atoms with Crippen LogP contribution in [0.4, 0.5) is 0 Å². The molecule has 0 unspecified atom stereocenters. The first-order chi connectivity index (χ1) is 9.24. The van der Waals surface area contributed by atoms with Gasteiger partial charge in [-0.2, -0.15) is 0 Å². The van der Waals surface area contributed by atoms with Gasteiger partial charge in [0.2, 0.25) is 0 Å². The van der Waals surface area contributed by atoms with Crippen molar-refractivity contribution in [3.63, 3.8) is 0 Å². The molecule has 0 saturated carbocycles. The minimum Gasteiger partial charge on any atom is -0.358 e. The number of thioether (sulfide) groups is 1. The number of aryl methyl sites for hydroxylation is 1. The van der Waals surface area contributed by atoms with Gasteiger partial charge in [-0.05, 0) is 30.7 Å². The molecule has 0 bridgehead atoms. The molecular weight excluding hydrogens is 274 g/mol. The van der Waals surface area contributed by atoms with Crippen molar-refractivity contribution in [1.29, 1.82) is 0 Å². The molecule has 3 aromatic rings. The van der Waals surface area contributed by atoms with Crippen molar-refractivity contribution < 1.29 is 0 Å². The number of rotatable bonds is 3. The molecule has 0 saturated heterocycles. The zero-order chi connectivity index (χ0) is 13.2. The summed E-state index contributed by atoms with van der Waals surface area (Å²) in [5.41, 5.74) is 3.73. The van der Waals surface area contributed by atoms with Crippen LogP contribution >= 0.6 is 23.4 Å². The highest BCUT2D eigenvalue weighted by molar-refractivity contribution is 7.98. The van der Waals surface area contributed by atoms with Crippen molar-refractivity contribution in [2.24, 2.45) is 0 Å². The Morgan fingerprint density at radius 2 is 1.79 bits per heavy atom. The molecule has 1 heterocycles. The van der Waals surface area contributed by atoms with Gasteiger partial charge in [0.05, 0.1) is 0 Å². The summed E-state index contributed by atoms with van der Waals surface area (Å²) in [5.74, 6) is 0.958. The first kappa shape index (κ1) is 12.6. The van der Waals surface area contributed by atoms with Gasteiger partial charge in [0.25, 0.3) is 0 Å². The van der Waals surface area contributed by atoms with E-state index in [0.717, 1.165) is 10.8 Å². The molecule has 0 aliphatic heterocycles. The van der Waals surface area contributed by atoms with Crippen LogP contribution in [0.2, 0.25) is 5.02 Å². The third-order valence-corrected chi connectivity index (χ3v) is 4.68. The van der Waals surface area contributed by atoms with Crippen LogP contribution in [0.5, 0.6) is 0 Å². The van der Waals surface area contributed by atoms with E-state index in [4.69, 9.17) is 11.6 Å². The first-order valence-electron chi connectivity index (χ1n) is 6.18. The van der Waals surface area contributed by atoms with Gasteiger partial charge in [0.15, 0.2) is 0 Å². The summed E-state index contributed by atoms with van der Waals surface area (Å²) in [5, 5.41) is 2.09. The lowest BCUT2D eigenvalue weighted by molar-refractivity contribution is 1.22. The smallest absolute Gasteiger partial charge is 0.0467 e. The summed E-state index contributed by atoms with van der Waals surface area (Å²) in [6.45, 7) is 2.13. The van der Waals surface area contributed by atoms with E-state index < -0.39 is 0 Å². The van der Waals surface area contributed by atoms with E-state index in [0.29, 0.717) is 0 Å². The minimum absolute atomic E-state index is 0.789. The summed E-state index contributed by atoms with van der Waals surface area (Å²) < 4.78 is 0. The molecule has 3 rings (SSSR count). The maximum absolute atomic E-state index is 5.90. The zero-order valence-electron chi connectivity index (χ0n) is 10.6. The van der Waals surface area contributed by atoms with Gasteiger partial charge in [0, 0.05) is 32.3 Å². The average Bonchev–Trinajstić information content (AvgIpc) is 2.74. The third kappa shape index (κ3) is 2.65. The SMILES string of the molecule is Cc1[nH]c2ccccc2c1SCc1ccc(Cl)cc1. The fraction of sp³-hybridized carbons (Fsp3) is 0.125. The fourth-order valence-corrected chi connectivity index (χ4v) is 3.40. The summed E-state index contributed by atoms with van der Waals surface area (Å²) in [7, 11) is 0. The molecule has 1 nitrogen and oxygen atoms in total. The molecule has 0 aliphatic rings. The van der Waals surface area contributed by atoms with E-state index in [1.54, 1.807) is 0 Å². The lowest BCUT2D eigenvalue weighted by Gasteiger charge is -2.02. The summed E-state index contributed by atoms with van der Waals surface area (Å²) in [6, 6.07) is 16.5. The van der Waals surface area contributed by atoms with E-state index in [9.17, 15) is 0 Å². The Labute approximate surface area is 122 Å². The van der Waals surface area contributed by atoms with E-state index >= 15 is 0 Å². The van der Waals surface area contributed by atoms with E-state index in [1.165, 1.54) is 27.1 Å². The minimum atomic E-state index is 0.789. The van der Waals surface area contributed by atoms with Crippen molar-refractivity contribution in [3.05, 3.63) is 64.8 Å². The molecular formula is C16H14ClNS. The second-order valence-electron chi connectivity index (χ2n) is 4.54. The molecule has 1 aromatic heterocycles. The van der Waals surface area contributed by atoms with Gasteiger partial charge in [-0.3, -0.25) is 0 Å². The van der Waals surface area contributed by atoms with Gasteiger partial charge >= 0.3 is 0 Å². The topological polar surface area (TPSA) is 15.8 Å². The van der Waals surface area contributed by atoms with Gasteiger partial charge in [0.1, 0.15) is 0 Å². The molecule has 0 amide bonds. The van der Waals surface area contributed by atoms with E-state index in [-0.39, 0.29) is 0 Å². The molecule has 0 aliphatic carbocycles. The molecule has 0 spiro atoms. The number of aromatic amines is 1. The number of hydrogen-bond acceptors (Lipinski definition) is 1. The van der Waals surface area contributed by atoms with Crippen LogP contribution in [0.15, 0.2) is 53.4 Å². The Morgan fingerprint density at radius 1 is 1.05 bits per heavy atom. The molecule has 3 heteroatoms. The fourth-order valence-electron chi connectivity index (χ4n) is 2.17. The highest BCUT2D eigenvalue weighted by Gasteiger charge is 2.08. The van der Waals surface area contributed by atoms with Crippen molar-refractivity contribution in [3.8, 4) is 0 Å². The van der Waals surface area contributed by atoms with Crippen molar-refractivity contribution in [2.75, 3.05) is 0 Å². The Kier molecular flexibility index (Phi) is 3.54. The van der Waals surface area contributed by atoms with Gasteiger partial charge in [-0.15, -0.1) is 11.8 Å². The van der Waals surface area contributed by atoms with E-state index in [1.807, 2.05) is 23.9 Å². The van der Waals surface area contributed by atoms with Gasteiger partial charge in [-0.25, -0.2) is 0 Å². The van der Waals surface area contributed by atoms with Crippen molar-refractivity contribution in [1.82, 2.24) is 4.98 Å². The predicted molar refractivity (Wildman–Crippen MR) is 84.0 cm³/mol. The monoisotopic (exact) mass is 287 g/mol. The molecule has 1 N–H and O–H groups in total. The highest BCUT2D eigenvalue weighted by Crippen LogP contribution is 2.33. The van der Waals surface area contributed by atoms with Crippen LogP contribution in [-0.2, 0) is 5.75 Å². The number of hydrogen-bond donors (Lipinski definition) is 1. The highest BCUT2D eigenvalue weighted by atomic mass is 35.5. The van der Waals surface area contributed by atoms with Gasteiger partial charge < -0.3 is 4.98 Å². The number of nitrogens with one attached hydrogen (secondary N) is 1. The quantitative estimate of drug-likeness (QED) is 0.636. The van der Waals surface area contributed by atoms with Crippen LogP contribution in [0.25, 0.3) is 10.9 Å². The third-order valence-electron chi connectivity index (χ3n) is 3.13. The number of H-pyrrole nitrogens is 1. The molecule has 2 aromatic carbocycles. The van der Waals surface area contributed by atoms with Crippen molar-refractivity contribution in [2.45, 2.75) is 17.6 Å². The molecule has 0 atom stereocenters. The average molecular weight is 288 g/mol. The summed E-state index contributed by atoms with van der Waals surface area (Å²) in [4.78, 5) is 4.77. The Bertz CT molecular complexity index is 700. The Balaban J connectivity index is 1.85. The Morgan fingerprint density at radius 3 is 2.58 bits per heavy atom. The summed E-state index contributed by atoms with van der Waals surface area (Å²) in [6.07, 6.45) is 0. The lowest BCUT2D eigenvalue weighted by atomic mass is 10.2. The molecule has 0 fully saturated rings. The molecule has 0 radical (unpaired) electrons. The molecule has 96 valence electrons. The number of fused-ring (bicyclic) bond motifs is 1. The summed E-state index contributed by atoms with van der Waals surface area (Å²) >= 11 is 7.77. The molecule has 19 heavy (non-hydrogen) atoms. The Hall–Kier alpha value is -1.38. The maximum atomic E-state index is 5.90. The number of benzene rings is 2.